The second kappa shape index (κ2) is 4.11. The molecule has 0 N–H and O–H groups in total. The zero-order chi connectivity index (χ0) is 11.9. The number of fused-ring (bicyclic) bond motifs is 1. The molecule has 0 amide bonds. The Hall–Kier alpha value is -0.990. The molecule has 2 rings (SSSR count). The number of Topliss-reactive ketones (excluding diaryl/α,β-unsaturated/α-hetero) is 1. The SMILES string of the molecule is CCn1c(Cl)c(C(C)=O)c2ccc(Cl)cc21. The van der Waals surface area contributed by atoms with Gasteiger partial charge in [-0.15, -0.1) is 0 Å². The van der Waals surface area contributed by atoms with Gasteiger partial charge in [0.1, 0.15) is 5.15 Å². The summed E-state index contributed by atoms with van der Waals surface area (Å²) in [5.74, 6) is -0.0236. The molecule has 4 heteroatoms. The molecule has 0 aliphatic heterocycles. The first-order valence-electron chi connectivity index (χ1n) is 5.04. The Morgan fingerprint density at radius 1 is 1.38 bits per heavy atom. The van der Waals surface area contributed by atoms with E-state index in [1.807, 2.05) is 23.6 Å². The molecular weight excluding hydrogens is 245 g/mol. The number of carbonyl (C=O) groups is 1. The molecule has 0 saturated carbocycles. The van der Waals surface area contributed by atoms with Gasteiger partial charge in [-0.1, -0.05) is 29.3 Å². The van der Waals surface area contributed by atoms with Gasteiger partial charge in [-0.2, -0.15) is 0 Å². The molecule has 0 aliphatic carbocycles. The van der Waals surface area contributed by atoms with E-state index in [-0.39, 0.29) is 5.78 Å². The number of benzene rings is 1. The van der Waals surface area contributed by atoms with E-state index in [0.717, 1.165) is 10.9 Å². The Morgan fingerprint density at radius 3 is 2.62 bits per heavy atom. The topological polar surface area (TPSA) is 22.0 Å². The van der Waals surface area contributed by atoms with Crippen molar-refractivity contribution in [3.05, 3.63) is 33.9 Å². The van der Waals surface area contributed by atoms with Crippen molar-refractivity contribution in [1.29, 1.82) is 0 Å². The van der Waals surface area contributed by atoms with E-state index in [1.165, 1.54) is 6.92 Å². The zero-order valence-corrected chi connectivity index (χ0v) is 10.6. The van der Waals surface area contributed by atoms with E-state index in [1.54, 1.807) is 6.07 Å². The Bertz CT molecular complexity index is 572. The molecule has 0 radical (unpaired) electrons. The molecule has 1 aromatic carbocycles. The number of halogens is 2. The lowest BCUT2D eigenvalue weighted by atomic mass is 10.1. The van der Waals surface area contributed by atoms with Crippen LogP contribution in [0.25, 0.3) is 10.9 Å². The lowest BCUT2D eigenvalue weighted by Gasteiger charge is -2.02. The van der Waals surface area contributed by atoms with Crippen LogP contribution < -0.4 is 0 Å². The minimum absolute atomic E-state index is 0.0236. The second-order valence-electron chi connectivity index (χ2n) is 3.63. The minimum atomic E-state index is -0.0236. The average Bonchev–Trinajstić information content (AvgIpc) is 2.49. The fourth-order valence-corrected chi connectivity index (χ4v) is 2.55. The third-order valence-corrected chi connectivity index (χ3v) is 3.26. The molecule has 1 aromatic heterocycles. The molecule has 0 fully saturated rings. The van der Waals surface area contributed by atoms with Gasteiger partial charge in [0.25, 0.3) is 0 Å². The molecule has 84 valence electrons. The quantitative estimate of drug-likeness (QED) is 0.739. The lowest BCUT2D eigenvalue weighted by molar-refractivity contribution is 0.101. The van der Waals surface area contributed by atoms with Crippen LogP contribution in [0.4, 0.5) is 0 Å². The number of aryl methyl sites for hydroxylation is 1. The maximum absolute atomic E-state index is 11.6. The highest BCUT2D eigenvalue weighted by Crippen LogP contribution is 2.32. The molecule has 0 spiro atoms. The summed E-state index contributed by atoms with van der Waals surface area (Å²) in [5.41, 5.74) is 1.49. The Morgan fingerprint density at radius 2 is 2.06 bits per heavy atom. The second-order valence-corrected chi connectivity index (χ2v) is 4.42. The van der Waals surface area contributed by atoms with Crippen LogP contribution in [0.1, 0.15) is 24.2 Å². The fourth-order valence-electron chi connectivity index (χ4n) is 1.94. The molecule has 0 saturated heterocycles. The van der Waals surface area contributed by atoms with Crippen molar-refractivity contribution >= 4 is 39.9 Å². The predicted molar refractivity (Wildman–Crippen MR) is 67.6 cm³/mol. The minimum Gasteiger partial charge on any atom is -0.331 e. The number of hydrogen-bond donors (Lipinski definition) is 0. The summed E-state index contributed by atoms with van der Waals surface area (Å²) in [7, 11) is 0. The van der Waals surface area contributed by atoms with Crippen LogP contribution in [-0.4, -0.2) is 10.4 Å². The van der Waals surface area contributed by atoms with Gasteiger partial charge in [-0.3, -0.25) is 4.79 Å². The predicted octanol–water partition coefficient (Wildman–Crippen LogP) is 4.17. The van der Waals surface area contributed by atoms with Gasteiger partial charge in [0.2, 0.25) is 0 Å². The molecule has 2 nitrogen and oxygen atoms in total. The van der Waals surface area contributed by atoms with Gasteiger partial charge in [0.15, 0.2) is 5.78 Å². The van der Waals surface area contributed by atoms with Crippen LogP contribution in [0.2, 0.25) is 10.2 Å². The highest BCUT2D eigenvalue weighted by molar-refractivity contribution is 6.36. The molecule has 0 aliphatic rings. The number of rotatable bonds is 2. The molecule has 16 heavy (non-hydrogen) atoms. The summed E-state index contributed by atoms with van der Waals surface area (Å²) in [5, 5.41) is 2.00. The van der Waals surface area contributed by atoms with Crippen molar-refractivity contribution in [2.75, 3.05) is 0 Å². The number of nitrogens with zero attached hydrogens (tertiary/aromatic N) is 1. The zero-order valence-electron chi connectivity index (χ0n) is 9.05. The summed E-state index contributed by atoms with van der Waals surface area (Å²) in [6, 6.07) is 5.44. The first-order valence-corrected chi connectivity index (χ1v) is 5.80. The van der Waals surface area contributed by atoms with Gasteiger partial charge in [-0.05, 0) is 26.0 Å². The van der Waals surface area contributed by atoms with Crippen molar-refractivity contribution in [3.8, 4) is 0 Å². The Balaban J connectivity index is 2.91. The summed E-state index contributed by atoms with van der Waals surface area (Å²) < 4.78 is 1.89. The largest absolute Gasteiger partial charge is 0.331 e. The van der Waals surface area contributed by atoms with Crippen molar-refractivity contribution < 1.29 is 4.79 Å². The third kappa shape index (κ3) is 1.62. The van der Waals surface area contributed by atoms with Gasteiger partial charge in [0, 0.05) is 17.0 Å². The third-order valence-electron chi connectivity index (χ3n) is 2.63. The van der Waals surface area contributed by atoms with Gasteiger partial charge < -0.3 is 4.57 Å². The van der Waals surface area contributed by atoms with E-state index >= 15 is 0 Å². The van der Waals surface area contributed by atoms with Crippen LogP contribution in [0, 0.1) is 0 Å². The molecule has 1 heterocycles. The molecule has 0 bridgehead atoms. The van der Waals surface area contributed by atoms with Crippen molar-refractivity contribution in [2.24, 2.45) is 0 Å². The van der Waals surface area contributed by atoms with Gasteiger partial charge in [0.05, 0.1) is 11.1 Å². The average molecular weight is 256 g/mol. The number of ketones is 1. The monoisotopic (exact) mass is 255 g/mol. The van der Waals surface area contributed by atoms with Crippen LogP contribution in [0.15, 0.2) is 18.2 Å². The first-order chi connectivity index (χ1) is 7.56. The molecular formula is C12H11Cl2NO. The summed E-state index contributed by atoms with van der Waals surface area (Å²) >= 11 is 12.1. The van der Waals surface area contributed by atoms with Crippen LogP contribution >= 0.6 is 23.2 Å². The maximum Gasteiger partial charge on any atom is 0.163 e. The maximum atomic E-state index is 11.6. The van der Waals surface area contributed by atoms with E-state index in [0.29, 0.717) is 22.3 Å². The Kier molecular flexibility index (Phi) is 2.96. The number of carbonyl (C=O) groups excluding carboxylic acids is 1. The normalized spacial score (nSPS) is 11.0. The van der Waals surface area contributed by atoms with E-state index < -0.39 is 0 Å². The van der Waals surface area contributed by atoms with Gasteiger partial charge in [-0.25, -0.2) is 0 Å². The highest BCUT2D eigenvalue weighted by atomic mass is 35.5. The summed E-state index contributed by atoms with van der Waals surface area (Å²) in [6.45, 7) is 4.22. The number of aromatic nitrogens is 1. The Labute approximate surface area is 104 Å². The lowest BCUT2D eigenvalue weighted by Crippen LogP contribution is -1.95. The smallest absolute Gasteiger partial charge is 0.163 e. The number of hydrogen-bond acceptors (Lipinski definition) is 1. The fraction of sp³-hybridized carbons (Fsp3) is 0.250. The van der Waals surface area contributed by atoms with Crippen molar-refractivity contribution in [2.45, 2.75) is 20.4 Å². The first kappa shape index (κ1) is 11.5. The summed E-state index contributed by atoms with van der Waals surface area (Å²) in [6.07, 6.45) is 0. The molecule has 2 aromatic rings. The highest BCUT2D eigenvalue weighted by Gasteiger charge is 2.17. The van der Waals surface area contributed by atoms with Crippen molar-refractivity contribution in [1.82, 2.24) is 4.57 Å². The molecule has 0 atom stereocenters. The summed E-state index contributed by atoms with van der Waals surface area (Å²) in [4.78, 5) is 11.6. The van der Waals surface area contributed by atoms with Crippen LogP contribution in [0.5, 0.6) is 0 Å². The van der Waals surface area contributed by atoms with E-state index in [4.69, 9.17) is 23.2 Å². The van der Waals surface area contributed by atoms with E-state index in [2.05, 4.69) is 0 Å². The van der Waals surface area contributed by atoms with E-state index in [9.17, 15) is 4.79 Å². The van der Waals surface area contributed by atoms with Crippen molar-refractivity contribution in [3.63, 3.8) is 0 Å². The van der Waals surface area contributed by atoms with Gasteiger partial charge >= 0.3 is 0 Å². The van der Waals surface area contributed by atoms with Crippen LogP contribution in [0.3, 0.4) is 0 Å². The molecule has 0 unspecified atom stereocenters. The van der Waals surface area contributed by atoms with Crippen LogP contribution in [-0.2, 0) is 6.54 Å². The standard InChI is InChI=1S/C12H11Cl2NO/c1-3-15-10-6-8(13)4-5-9(10)11(7(2)16)12(15)14/h4-6H,3H2,1-2H3.